The number of rotatable bonds is 5. The second-order valence-corrected chi connectivity index (χ2v) is 4.94. The van der Waals surface area contributed by atoms with Crippen LogP contribution in [0.15, 0.2) is 22.7 Å². The van der Waals surface area contributed by atoms with Gasteiger partial charge >= 0.3 is 0 Å². The number of hydrogen-bond acceptors (Lipinski definition) is 1. The second kappa shape index (κ2) is 6.51. The first kappa shape index (κ1) is 13.0. The molecule has 1 unspecified atom stereocenters. The quantitative estimate of drug-likeness (QED) is 0.838. The highest BCUT2D eigenvalue weighted by Gasteiger charge is 2.12. The van der Waals surface area contributed by atoms with Crippen LogP contribution >= 0.6 is 27.5 Å². The number of nitrogens with one attached hydrogen (secondary N) is 1. The molecule has 0 aliphatic carbocycles. The molecular weight excluding hydrogens is 273 g/mol. The Kier molecular flexibility index (Phi) is 5.65. The Morgan fingerprint density at radius 3 is 2.80 bits per heavy atom. The summed E-state index contributed by atoms with van der Waals surface area (Å²) in [5.41, 5.74) is 1.25. The van der Waals surface area contributed by atoms with Crippen LogP contribution in [-0.2, 0) is 0 Å². The zero-order chi connectivity index (χ0) is 11.3. The molecule has 1 aromatic carbocycles. The first-order valence-corrected chi connectivity index (χ1v) is 6.48. The zero-order valence-corrected chi connectivity index (χ0v) is 11.5. The third kappa shape index (κ3) is 3.78. The third-order valence-electron chi connectivity index (χ3n) is 2.53. The molecule has 0 radical (unpaired) electrons. The summed E-state index contributed by atoms with van der Waals surface area (Å²) in [6.07, 6.45) is 3.59. The van der Waals surface area contributed by atoms with Gasteiger partial charge in [-0.25, -0.2) is 0 Å². The minimum Gasteiger partial charge on any atom is -0.313 e. The summed E-state index contributed by atoms with van der Waals surface area (Å²) in [6, 6.07) is 6.33. The van der Waals surface area contributed by atoms with Crippen LogP contribution < -0.4 is 5.32 Å². The zero-order valence-electron chi connectivity index (χ0n) is 9.19. The molecule has 0 spiro atoms. The summed E-state index contributed by atoms with van der Waals surface area (Å²) in [6.45, 7) is 2.21. The van der Waals surface area contributed by atoms with E-state index in [1.807, 2.05) is 25.2 Å². The maximum Gasteiger partial charge on any atom is 0.0410 e. The SMILES string of the molecule is CCCCC(NC)c1cc(Cl)ccc1Br. The predicted molar refractivity (Wildman–Crippen MR) is 70.5 cm³/mol. The van der Waals surface area contributed by atoms with Gasteiger partial charge in [0.1, 0.15) is 0 Å². The van der Waals surface area contributed by atoms with Gasteiger partial charge in [-0.1, -0.05) is 47.3 Å². The van der Waals surface area contributed by atoms with Crippen LogP contribution in [0.25, 0.3) is 0 Å². The summed E-state index contributed by atoms with van der Waals surface area (Å²) in [4.78, 5) is 0. The summed E-state index contributed by atoms with van der Waals surface area (Å²) >= 11 is 9.57. The lowest BCUT2D eigenvalue weighted by Gasteiger charge is -2.18. The number of unbranched alkanes of at least 4 members (excludes halogenated alkanes) is 1. The van der Waals surface area contributed by atoms with Crippen molar-refractivity contribution >= 4 is 27.5 Å². The second-order valence-electron chi connectivity index (χ2n) is 3.65. The van der Waals surface area contributed by atoms with Gasteiger partial charge in [-0.3, -0.25) is 0 Å². The third-order valence-corrected chi connectivity index (χ3v) is 3.49. The first-order valence-electron chi connectivity index (χ1n) is 5.31. The maximum atomic E-state index is 6.00. The molecule has 0 aromatic heterocycles. The van der Waals surface area contributed by atoms with E-state index in [0.717, 1.165) is 15.9 Å². The molecule has 0 amide bonds. The van der Waals surface area contributed by atoms with E-state index < -0.39 is 0 Å². The standard InChI is InChI=1S/C12H17BrClN/c1-3-4-5-12(15-2)10-8-9(14)6-7-11(10)13/h6-8,12,15H,3-5H2,1-2H3. The molecule has 0 aliphatic rings. The lowest BCUT2D eigenvalue weighted by molar-refractivity contribution is 0.521. The van der Waals surface area contributed by atoms with Crippen molar-refractivity contribution in [3.05, 3.63) is 33.3 Å². The van der Waals surface area contributed by atoms with Crippen LogP contribution in [-0.4, -0.2) is 7.05 Å². The average molecular weight is 291 g/mol. The molecule has 1 atom stereocenters. The normalized spacial score (nSPS) is 12.8. The summed E-state index contributed by atoms with van der Waals surface area (Å²) in [5, 5.41) is 4.13. The largest absolute Gasteiger partial charge is 0.313 e. The van der Waals surface area contributed by atoms with Gasteiger partial charge in [0.25, 0.3) is 0 Å². The van der Waals surface area contributed by atoms with Crippen LogP contribution in [0.5, 0.6) is 0 Å². The van der Waals surface area contributed by atoms with E-state index in [1.165, 1.54) is 18.4 Å². The van der Waals surface area contributed by atoms with Crippen molar-refractivity contribution in [1.29, 1.82) is 0 Å². The van der Waals surface area contributed by atoms with Gasteiger partial charge in [0, 0.05) is 15.5 Å². The summed E-state index contributed by atoms with van der Waals surface area (Å²) in [5.74, 6) is 0. The lowest BCUT2D eigenvalue weighted by Crippen LogP contribution is -2.16. The summed E-state index contributed by atoms with van der Waals surface area (Å²) in [7, 11) is 1.99. The maximum absolute atomic E-state index is 6.00. The highest BCUT2D eigenvalue weighted by atomic mass is 79.9. The van der Waals surface area contributed by atoms with Crippen molar-refractivity contribution in [2.24, 2.45) is 0 Å². The van der Waals surface area contributed by atoms with Gasteiger partial charge in [0.2, 0.25) is 0 Å². The Balaban J connectivity index is 2.85. The highest BCUT2D eigenvalue weighted by molar-refractivity contribution is 9.10. The molecule has 0 saturated carbocycles. The van der Waals surface area contributed by atoms with Crippen LogP contribution in [0, 0.1) is 0 Å². The molecule has 1 N–H and O–H groups in total. The molecule has 1 rings (SSSR count). The molecule has 0 saturated heterocycles. The van der Waals surface area contributed by atoms with Crippen LogP contribution in [0.4, 0.5) is 0 Å². The molecule has 15 heavy (non-hydrogen) atoms. The molecule has 3 heteroatoms. The highest BCUT2D eigenvalue weighted by Crippen LogP contribution is 2.29. The van der Waals surface area contributed by atoms with E-state index in [9.17, 15) is 0 Å². The first-order chi connectivity index (χ1) is 7.19. The van der Waals surface area contributed by atoms with E-state index in [2.05, 4.69) is 28.2 Å². The average Bonchev–Trinajstić information content (AvgIpc) is 2.24. The van der Waals surface area contributed by atoms with Crippen LogP contribution in [0.1, 0.15) is 37.8 Å². The Morgan fingerprint density at radius 2 is 2.20 bits per heavy atom. The van der Waals surface area contributed by atoms with E-state index >= 15 is 0 Å². The Bertz CT molecular complexity index is 314. The monoisotopic (exact) mass is 289 g/mol. The fourth-order valence-corrected chi connectivity index (χ4v) is 2.35. The Labute approximate surface area is 105 Å². The Hall–Kier alpha value is -0.0500. The molecule has 84 valence electrons. The van der Waals surface area contributed by atoms with Crippen LogP contribution in [0.2, 0.25) is 5.02 Å². The number of benzene rings is 1. The van der Waals surface area contributed by atoms with E-state index in [4.69, 9.17) is 11.6 Å². The molecular formula is C12H17BrClN. The van der Waals surface area contributed by atoms with Crippen molar-refractivity contribution < 1.29 is 0 Å². The number of halogens is 2. The van der Waals surface area contributed by atoms with Gasteiger partial charge in [-0.15, -0.1) is 0 Å². The van der Waals surface area contributed by atoms with Gasteiger partial charge in [0.15, 0.2) is 0 Å². The molecule has 0 bridgehead atoms. The van der Waals surface area contributed by atoms with Crippen molar-refractivity contribution in [2.45, 2.75) is 32.2 Å². The van der Waals surface area contributed by atoms with Crippen LogP contribution in [0.3, 0.4) is 0 Å². The smallest absolute Gasteiger partial charge is 0.0410 e. The fourth-order valence-electron chi connectivity index (χ4n) is 1.65. The molecule has 0 aliphatic heterocycles. The van der Waals surface area contributed by atoms with Crippen molar-refractivity contribution in [2.75, 3.05) is 7.05 Å². The fraction of sp³-hybridized carbons (Fsp3) is 0.500. The van der Waals surface area contributed by atoms with E-state index in [0.29, 0.717) is 6.04 Å². The topological polar surface area (TPSA) is 12.0 Å². The van der Waals surface area contributed by atoms with Crippen molar-refractivity contribution in [3.63, 3.8) is 0 Å². The van der Waals surface area contributed by atoms with Gasteiger partial charge in [-0.05, 0) is 37.2 Å². The predicted octanol–water partition coefficient (Wildman–Crippen LogP) is 4.55. The molecule has 1 nitrogen and oxygen atoms in total. The molecule has 0 fully saturated rings. The van der Waals surface area contributed by atoms with E-state index in [-0.39, 0.29) is 0 Å². The minimum atomic E-state index is 0.387. The van der Waals surface area contributed by atoms with Gasteiger partial charge in [0.05, 0.1) is 0 Å². The molecule has 0 heterocycles. The lowest BCUT2D eigenvalue weighted by atomic mass is 10.0. The minimum absolute atomic E-state index is 0.387. The molecule has 1 aromatic rings. The van der Waals surface area contributed by atoms with Gasteiger partial charge in [-0.2, -0.15) is 0 Å². The van der Waals surface area contributed by atoms with Crippen molar-refractivity contribution in [3.8, 4) is 0 Å². The number of hydrogen-bond donors (Lipinski definition) is 1. The van der Waals surface area contributed by atoms with Gasteiger partial charge < -0.3 is 5.32 Å². The van der Waals surface area contributed by atoms with E-state index in [1.54, 1.807) is 0 Å². The Morgan fingerprint density at radius 1 is 1.47 bits per heavy atom. The van der Waals surface area contributed by atoms with Crippen molar-refractivity contribution in [1.82, 2.24) is 5.32 Å². The summed E-state index contributed by atoms with van der Waals surface area (Å²) < 4.78 is 1.13.